The van der Waals surface area contributed by atoms with Crippen molar-refractivity contribution in [1.82, 2.24) is 14.8 Å². The van der Waals surface area contributed by atoms with Crippen LogP contribution in [-0.4, -0.2) is 60.9 Å². The summed E-state index contributed by atoms with van der Waals surface area (Å²) < 4.78 is 13.4. The average molecular weight is 370 g/mol. The number of ether oxygens (including phenoxy) is 2. The summed E-state index contributed by atoms with van der Waals surface area (Å²) in [5, 5.41) is 13.4. The molecule has 0 spiro atoms. The number of aryl methyl sites for hydroxylation is 1. The molecule has 6 heteroatoms. The third-order valence-electron chi connectivity index (χ3n) is 5.49. The molecule has 6 nitrogen and oxygen atoms in total. The van der Waals surface area contributed by atoms with Crippen molar-refractivity contribution in [3.8, 4) is 0 Å². The molecule has 2 aromatic rings. The molecule has 1 aromatic heterocycles. The second kappa shape index (κ2) is 8.42. The van der Waals surface area contributed by atoms with E-state index in [9.17, 15) is 0 Å². The Balaban J connectivity index is 1.56. The zero-order chi connectivity index (χ0) is 18.6. The molecule has 0 amide bonds. The number of morpholine rings is 1. The lowest BCUT2D eigenvalue weighted by Crippen LogP contribution is -2.49. The predicted molar refractivity (Wildman–Crippen MR) is 107 cm³/mol. The van der Waals surface area contributed by atoms with E-state index in [1.54, 1.807) is 7.11 Å². The predicted octanol–water partition coefficient (Wildman–Crippen LogP) is 2.61. The maximum atomic E-state index is 8.75. The third kappa shape index (κ3) is 4.18. The number of benzene rings is 1. The van der Waals surface area contributed by atoms with Gasteiger partial charge >= 0.3 is 0 Å². The molecule has 2 N–H and O–H groups in total. The molecule has 4 rings (SSSR count). The number of fused-ring (bicyclic) bond motifs is 1. The van der Waals surface area contributed by atoms with Crippen LogP contribution in [0.5, 0.6) is 0 Å². The molecule has 1 saturated heterocycles. The van der Waals surface area contributed by atoms with Gasteiger partial charge < -0.3 is 24.3 Å². The van der Waals surface area contributed by atoms with Crippen LogP contribution in [0.4, 0.5) is 0 Å². The minimum Gasteiger partial charge on any atom is -0.385 e. The summed E-state index contributed by atoms with van der Waals surface area (Å²) in [5.74, 6) is 0.626. The summed E-state index contributed by atoms with van der Waals surface area (Å²) in [7, 11) is 1.75. The van der Waals surface area contributed by atoms with Crippen molar-refractivity contribution in [2.45, 2.75) is 44.5 Å². The largest absolute Gasteiger partial charge is 0.385 e. The van der Waals surface area contributed by atoms with E-state index in [4.69, 9.17) is 14.9 Å². The van der Waals surface area contributed by atoms with Gasteiger partial charge in [-0.15, -0.1) is 0 Å². The van der Waals surface area contributed by atoms with Crippen LogP contribution in [0.2, 0.25) is 0 Å². The lowest BCUT2D eigenvalue weighted by Gasteiger charge is -2.32. The molecule has 1 unspecified atom stereocenters. The van der Waals surface area contributed by atoms with Gasteiger partial charge in [-0.25, -0.2) is 0 Å². The van der Waals surface area contributed by atoms with Crippen molar-refractivity contribution in [3.05, 3.63) is 36.0 Å². The first kappa shape index (κ1) is 18.5. The number of rotatable bonds is 8. The van der Waals surface area contributed by atoms with Crippen molar-refractivity contribution in [2.24, 2.45) is 0 Å². The fourth-order valence-electron chi connectivity index (χ4n) is 3.92. The van der Waals surface area contributed by atoms with Gasteiger partial charge in [0.1, 0.15) is 11.9 Å². The van der Waals surface area contributed by atoms with Gasteiger partial charge in [0.05, 0.1) is 6.61 Å². The minimum atomic E-state index is -0.130. The van der Waals surface area contributed by atoms with Gasteiger partial charge in [-0.05, 0) is 30.9 Å². The lowest BCUT2D eigenvalue weighted by molar-refractivity contribution is 0.0613. The van der Waals surface area contributed by atoms with Gasteiger partial charge in [0, 0.05) is 63.0 Å². The summed E-state index contributed by atoms with van der Waals surface area (Å²) in [4.78, 5) is 2.26. The van der Waals surface area contributed by atoms with E-state index in [1.165, 1.54) is 29.3 Å². The summed E-state index contributed by atoms with van der Waals surface area (Å²) in [5.41, 5.74) is 2.56. The Kier molecular flexibility index (Phi) is 5.76. The smallest absolute Gasteiger partial charge is 0.127 e. The zero-order valence-corrected chi connectivity index (χ0v) is 16.1. The standard InChI is InChI=1S/C21H30N4O2/c1-26-11-4-10-24-14-16(18-5-2-3-6-19(18)24)15-25(17-7-8-17)21(22)20-13-23-9-12-27-20/h2-3,5-6,14,17,20,22-23H,4,7-13,15H2,1H3. The van der Waals surface area contributed by atoms with Crippen LogP contribution in [0.3, 0.4) is 0 Å². The van der Waals surface area contributed by atoms with Gasteiger partial charge in [0.15, 0.2) is 0 Å². The van der Waals surface area contributed by atoms with Crippen molar-refractivity contribution in [2.75, 3.05) is 33.4 Å². The fourth-order valence-corrected chi connectivity index (χ4v) is 3.92. The Bertz CT molecular complexity index is 778. The van der Waals surface area contributed by atoms with Crippen LogP contribution in [0, 0.1) is 5.41 Å². The van der Waals surface area contributed by atoms with Crippen LogP contribution in [0.25, 0.3) is 10.9 Å². The highest BCUT2D eigenvalue weighted by molar-refractivity contribution is 5.87. The molecule has 0 bridgehead atoms. The van der Waals surface area contributed by atoms with Gasteiger partial charge in [-0.1, -0.05) is 18.2 Å². The first-order valence-corrected chi connectivity index (χ1v) is 10.0. The van der Waals surface area contributed by atoms with Crippen LogP contribution < -0.4 is 5.32 Å². The fraction of sp³-hybridized carbons (Fsp3) is 0.571. The lowest BCUT2D eigenvalue weighted by atomic mass is 10.1. The van der Waals surface area contributed by atoms with Crippen molar-refractivity contribution in [1.29, 1.82) is 5.41 Å². The number of nitrogens with zero attached hydrogens (tertiary/aromatic N) is 2. The second-order valence-corrected chi connectivity index (χ2v) is 7.52. The van der Waals surface area contributed by atoms with Crippen LogP contribution >= 0.6 is 0 Å². The Labute approximate surface area is 160 Å². The highest BCUT2D eigenvalue weighted by Gasteiger charge is 2.35. The van der Waals surface area contributed by atoms with Crippen molar-refractivity contribution in [3.63, 3.8) is 0 Å². The molecule has 0 radical (unpaired) electrons. The third-order valence-corrected chi connectivity index (χ3v) is 5.49. The average Bonchev–Trinajstić information content (AvgIpc) is 3.50. The molecule has 27 heavy (non-hydrogen) atoms. The van der Waals surface area contributed by atoms with Gasteiger partial charge in [-0.3, -0.25) is 5.41 Å². The molecule has 1 aromatic carbocycles. The Morgan fingerprint density at radius 3 is 2.96 bits per heavy atom. The number of methoxy groups -OCH3 is 1. The maximum Gasteiger partial charge on any atom is 0.127 e. The highest BCUT2D eigenvalue weighted by atomic mass is 16.5. The highest BCUT2D eigenvalue weighted by Crippen LogP contribution is 2.32. The van der Waals surface area contributed by atoms with E-state index in [-0.39, 0.29) is 6.10 Å². The summed E-state index contributed by atoms with van der Waals surface area (Å²) in [6, 6.07) is 9.07. The Morgan fingerprint density at radius 2 is 2.22 bits per heavy atom. The SMILES string of the molecule is COCCCn1cc(CN(C(=N)C2CNCCO2)C2CC2)c2ccccc21. The molecule has 1 atom stereocenters. The van der Waals surface area contributed by atoms with E-state index >= 15 is 0 Å². The summed E-state index contributed by atoms with van der Waals surface area (Å²) in [6.45, 7) is 4.80. The summed E-state index contributed by atoms with van der Waals surface area (Å²) in [6.07, 6.45) is 5.49. The number of para-hydroxylation sites is 1. The first-order valence-electron chi connectivity index (χ1n) is 10.0. The molecular weight excluding hydrogens is 340 g/mol. The number of hydrogen-bond acceptors (Lipinski definition) is 4. The molecule has 2 heterocycles. The zero-order valence-electron chi connectivity index (χ0n) is 16.1. The quantitative estimate of drug-likeness (QED) is 0.426. The number of nitrogens with one attached hydrogen (secondary N) is 2. The monoisotopic (exact) mass is 370 g/mol. The Morgan fingerprint density at radius 1 is 1.37 bits per heavy atom. The minimum absolute atomic E-state index is 0.130. The molecular formula is C21H30N4O2. The van der Waals surface area contributed by atoms with Crippen LogP contribution in [0.1, 0.15) is 24.8 Å². The molecule has 1 aliphatic carbocycles. The van der Waals surface area contributed by atoms with E-state index in [0.29, 0.717) is 18.5 Å². The molecule has 2 fully saturated rings. The topological polar surface area (TPSA) is 62.5 Å². The van der Waals surface area contributed by atoms with E-state index in [1.807, 2.05) is 0 Å². The number of hydrogen-bond donors (Lipinski definition) is 2. The second-order valence-electron chi connectivity index (χ2n) is 7.52. The molecule has 1 aliphatic heterocycles. The van der Waals surface area contributed by atoms with E-state index in [2.05, 4.69) is 45.2 Å². The molecule has 2 aliphatic rings. The Hall–Kier alpha value is -1.89. The number of aromatic nitrogens is 1. The van der Waals surface area contributed by atoms with E-state index in [0.717, 1.165) is 39.2 Å². The normalized spacial score (nSPS) is 20.1. The van der Waals surface area contributed by atoms with Gasteiger partial charge in [0.25, 0.3) is 0 Å². The number of amidine groups is 1. The summed E-state index contributed by atoms with van der Waals surface area (Å²) >= 11 is 0. The van der Waals surface area contributed by atoms with E-state index < -0.39 is 0 Å². The van der Waals surface area contributed by atoms with Crippen molar-refractivity contribution < 1.29 is 9.47 Å². The van der Waals surface area contributed by atoms with Gasteiger partial charge in [-0.2, -0.15) is 0 Å². The van der Waals surface area contributed by atoms with Crippen LogP contribution in [-0.2, 0) is 22.6 Å². The van der Waals surface area contributed by atoms with Gasteiger partial charge in [0.2, 0.25) is 0 Å². The maximum absolute atomic E-state index is 8.75. The molecule has 146 valence electrons. The van der Waals surface area contributed by atoms with Crippen molar-refractivity contribution >= 4 is 16.7 Å². The molecule has 1 saturated carbocycles. The van der Waals surface area contributed by atoms with Crippen LogP contribution in [0.15, 0.2) is 30.5 Å². The first-order chi connectivity index (χ1) is 13.3.